The first-order valence-corrected chi connectivity index (χ1v) is 7.40. The summed E-state index contributed by atoms with van der Waals surface area (Å²) in [5.41, 5.74) is 0. The van der Waals surface area contributed by atoms with Crippen molar-refractivity contribution in [3.8, 4) is 5.95 Å². The molecule has 0 atom stereocenters. The van der Waals surface area contributed by atoms with Gasteiger partial charge in [-0.05, 0) is 32.6 Å². The summed E-state index contributed by atoms with van der Waals surface area (Å²) < 4.78 is 1.55. The van der Waals surface area contributed by atoms with Crippen LogP contribution in [-0.4, -0.2) is 49.4 Å². The van der Waals surface area contributed by atoms with Crippen LogP contribution in [0.5, 0.6) is 0 Å². The number of nitrogens with one attached hydrogen (secondary N) is 1. The quantitative estimate of drug-likeness (QED) is 0.817. The van der Waals surface area contributed by atoms with E-state index in [1.807, 2.05) is 6.92 Å². The molecule has 0 amide bonds. The lowest BCUT2D eigenvalue weighted by Crippen LogP contribution is -2.28. The summed E-state index contributed by atoms with van der Waals surface area (Å²) in [7, 11) is 0. The molecule has 1 aliphatic rings. The summed E-state index contributed by atoms with van der Waals surface area (Å²) in [5, 5.41) is 7.24. The molecular weight excluding hydrogens is 268 g/mol. The van der Waals surface area contributed by atoms with Gasteiger partial charge < -0.3 is 10.2 Å². The van der Waals surface area contributed by atoms with Crippen LogP contribution < -0.4 is 10.2 Å². The van der Waals surface area contributed by atoms with Crippen LogP contribution >= 0.6 is 0 Å². The molecule has 0 unspecified atom stereocenters. The highest BCUT2D eigenvalue weighted by molar-refractivity contribution is 5.40. The lowest BCUT2D eigenvalue weighted by atomic mass is 10.4. The lowest BCUT2D eigenvalue weighted by molar-refractivity contribution is 0.705. The van der Waals surface area contributed by atoms with Gasteiger partial charge in [0.2, 0.25) is 11.9 Å². The maximum atomic E-state index is 4.53. The van der Waals surface area contributed by atoms with Crippen LogP contribution in [0.4, 0.5) is 11.9 Å². The zero-order chi connectivity index (χ0) is 14.7. The second kappa shape index (κ2) is 6.02. The largest absolute Gasteiger partial charge is 0.354 e. The molecule has 8 heteroatoms. The van der Waals surface area contributed by atoms with Crippen molar-refractivity contribution in [3.05, 3.63) is 12.7 Å². The van der Waals surface area contributed by atoms with E-state index in [0.717, 1.165) is 25.6 Å². The maximum absolute atomic E-state index is 4.53. The summed E-state index contributed by atoms with van der Waals surface area (Å²) in [6.07, 6.45) is 5.67. The average molecular weight is 288 g/mol. The molecule has 2 aromatic heterocycles. The Kier molecular flexibility index (Phi) is 3.94. The van der Waals surface area contributed by atoms with Gasteiger partial charge >= 0.3 is 0 Å². The Hall–Kier alpha value is -2.25. The van der Waals surface area contributed by atoms with Gasteiger partial charge in [-0.3, -0.25) is 0 Å². The van der Waals surface area contributed by atoms with Gasteiger partial charge in [0.15, 0.2) is 0 Å². The van der Waals surface area contributed by atoms with Gasteiger partial charge in [-0.15, -0.1) is 0 Å². The highest BCUT2D eigenvalue weighted by Gasteiger charge is 2.25. The van der Waals surface area contributed by atoms with E-state index < -0.39 is 0 Å². The Morgan fingerprint density at radius 3 is 2.76 bits per heavy atom. The van der Waals surface area contributed by atoms with Crippen LogP contribution in [0.1, 0.15) is 26.7 Å². The van der Waals surface area contributed by atoms with Crippen molar-refractivity contribution in [1.82, 2.24) is 29.7 Å². The highest BCUT2D eigenvalue weighted by Crippen LogP contribution is 2.30. The van der Waals surface area contributed by atoms with Crippen LogP contribution in [0.25, 0.3) is 5.95 Å². The average Bonchev–Trinajstić information content (AvgIpc) is 3.14. The summed E-state index contributed by atoms with van der Waals surface area (Å²) in [6.45, 7) is 6.77. The Bertz CT molecular complexity index is 578. The third kappa shape index (κ3) is 3.26. The van der Waals surface area contributed by atoms with Crippen LogP contribution in [0.15, 0.2) is 12.7 Å². The molecule has 2 aromatic rings. The Morgan fingerprint density at radius 1 is 1.29 bits per heavy atom. The van der Waals surface area contributed by atoms with E-state index in [1.165, 1.54) is 19.2 Å². The molecule has 0 spiro atoms. The van der Waals surface area contributed by atoms with Crippen molar-refractivity contribution in [2.75, 3.05) is 29.9 Å². The third-order valence-corrected chi connectivity index (χ3v) is 3.41. The molecule has 2 heterocycles. The summed E-state index contributed by atoms with van der Waals surface area (Å²) in [6, 6.07) is 0. The van der Waals surface area contributed by atoms with Gasteiger partial charge in [-0.1, -0.05) is 0 Å². The first-order valence-electron chi connectivity index (χ1n) is 7.40. The monoisotopic (exact) mass is 288 g/mol. The smallest absolute Gasteiger partial charge is 0.258 e. The molecule has 21 heavy (non-hydrogen) atoms. The molecule has 0 aliphatic heterocycles. The topological polar surface area (TPSA) is 84.7 Å². The van der Waals surface area contributed by atoms with Crippen LogP contribution in [0.2, 0.25) is 0 Å². The van der Waals surface area contributed by atoms with Crippen LogP contribution in [-0.2, 0) is 0 Å². The van der Waals surface area contributed by atoms with Crippen LogP contribution in [0, 0.1) is 5.92 Å². The molecule has 0 saturated heterocycles. The minimum atomic E-state index is 0.489. The molecule has 1 fully saturated rings. The number of rotatable bonds is 7. The lowest BCUT2D eigenvalue weighted by Gasteiger charge is -2.21. The maximum Gasteiger partial charge on any atom is 0.258 e. The fraction of sp³-hybridized carbons (Fsp3) is 0.615. The molecule has 112 valence electrons. The number of hydrogen-bond donors (Lipinski definition) is 1. The van der Waals surface area contributed by atoms with E-state index in [4.69, 9.17) is 0 Å². The molecule has 3 rings (SSSR count). The molecular formula is C13H20N8. The molecule has 1 aliphatic carbocycles. The van der Waals surface area contributed by atoms with Gasteiger partial charge in [0, 0.05) is 19.6 Å². The number of hydrogen-bond acceptors (Lipinski definition) is 7. The molecule has 0 aromatic carbocycles. The molecule has 0 bridgehead atoms. The number of anilines is 2. The van der Waals surface area contributed by atoms with Crippen molar-refractivity contribution in [2.45, 2.75) is 26.7 Å². The van der Waals surface area contributed by atoms with Crippen molar-refractivity contribution in [3.63, 3.8) is 0 Å². The second-order valence-corrected chi connectivity index (χ2v) is 5.11. The van der Waals surface area contributed by atoms with Gasteiger partial charge in [0.1, 0.15) is 12.7 Å². The Balaban J connectivity index is 1.93. The predicted octanol–water partition coefficient (Wildman–Crippen LogP) is 1.12. The Labute approximate surface area is 123 Å². The normalized spacial score (nSPS) is 14.2. The fourth-order valence-electron chi connectivity index (χ4n) is 2.11. The summed E-state index contributed by atoms with van der Waals surface area (Å²) in [5.74, 6) is 2.53. The number of nitrogens with zero attached hydrogens (tertiary/aromatic N) is 7. The number of aromatic nitrogens is 6. The molecule has 0 radical (unpaired) electrons. The third-order valence-electron chi connectivity index (χ3n) is 3.41. The molecule has 1 saturated carbocycles. The first-order chi connectivity index (χ1) is 10.3. The van der Waals surface area contributed by atoms with Gasteiger partial charge in [-0.25, -0.2) is 4.98 Å². The molecule has 1 N–H and O–H groups in total. The van der Waals surface area contributed by atoms with Crippen molar-refractivity contribution in [1.29, 1.82) is 0 Å². The predicted molar refractivity (Wildman–Crippen MR) is 79.5 cm³/mol. The zero-order valence-electron chi connectivity index (χ0n) is 12.4. The van der Waals surface area contributed by atoms with E-state index in [2.05, 4.69) is 42.2 Å². The Morgan fingerprint density at radius 2 is 2.14 bits per heavy atom. The second-order valence-electron chi connectivity index (χ2n) is 5.11. The van der Waals surface area contributed by atoms with Crippen molar-refractivity contribution < 1.29 is 0 Å². The standard InChI is InChI=1S/C13H20N8/c1-3-15-11-17-12(20(4-2)7-10-5-6-10)19-13(18-11)21-9-14-8-16-21/h8-10H,3-7H2,1-2H3,(H,15,17,18,19). The van der Waals surface area contributed by atoms with E-state index in [9.17, 15) is 0 Å². The summed E-state index contributed by atoms with van der Waals surface area (Å²) in [4.78, 5) is 19.6. The van der Waals surface area contributed by atoms with E-state index in [-0.39, 0.29) is 0 Å². The fourth-order valence-corrected chi connectivity index (χ4v) is 2.11. The first kappa shape index (κ1) is 13.7. The highest BCUT2D eigenvalue weighted by atomic mass is 15.4. The van der Waals surface area contributed by atoms with Gasteiger partial charge in [0.25, 0.3) is 5.95 Å². The van der Waals surface area contributed by atoms with E-state index >= 15 is 0 Å². The zero-order valence-corrected chi connectivity index (χ0v) is 12.4. The van der Waals surface area contributed by atoms with Crippen LogP contribution in [0.3, 0.4) is 0 Å². The van der Waals surface area contributed by atoms with Gasteiger partial charge in [-0.2, -0.15) is 24.7 Å². The summed E-state index contributed by atoms with van der Waals surface area (Å²) >= 11 is 0. The van der Waals surface area contributed by atoms with Gasteiger partial charge in [0.05, 0.1) is 0 Å². The van der Waals surface area contributed by atoms with E-state index in [0.29, 0.717) is 17.8 Å². The van der Waals surface area contributed by atoms with E-state index in [1.54, 1.807) is 11.0 Å². The SMILES string of the molecule is CCNc1nc(N(CC)CC2CC2)nc(-n2cncn2)n1. The minimum Gasteiger partial charge on any atom is -0.354 e. The van der Waals surface area contributed by atoms with Crippen molar-refractivity contribution in [2.24, 2.45) is 5.92 Å². The van der Waals surface area contributed by atoms with Crippen molar-refractivity contribution >= 4 is 11.9 Å². The minimum absolute atomic E-state index is 0.489. The molecule has 8 nitrogen and oxygen atoms in total.